The Balaban J connectivity index is 0.000000222. The van der Waals surface area contributed by atoms with E-state index >= 15 is 0 Å². The molecule has 1 rings (SSSR count). The molecule has 0 aromatic rings. The highest BCUT2D eigenvalue weighted by Gasteiger charge is 1.90. The fourth-order valence-corrected chi connectivity index (χ4v) is 0.694. The summed E-state index contributed by atoms with van der Waals surface area (Å²) in [5.74, 6) is 0. The largest absolute Gasteiger partial charge is 0.332 e. The van der Waals surface area contributed by atoms with Crippen molar-refractivity contribution in [1.29, 1.82) is 0 Å². The summed E-state index contributed by atoms with van der Waals surface area (Å²) in [4.78, 5) is 1.08. The van der Waals surface area contributed by atoms with Crippen LogP contribution in [0.15, 0.2) is 23.8 Å². The number of hydrogen-bond donors (Lipinski definition) is 1. The minimum absolute atomic E-state index is 1.08. The van der Waals surface area contributed by atoms with Gasteiger partial charge in [-0.25, -0.2) is 0 Å². The summed E-state index contributed by atoms with van der Waals surface area (Å²) < 4.78 is 2.91. The van der Waals surface area contributed by atoms with Crippen LogP contribution in [0.4, 0.5) is 0 Å². The van der Waals surface area contributed by atoms with Crippen LogP contribution in [0.25, 0.3) is 0 Å². The van der Waals surface area contributed by atoms with E-state index in [1.165, 1.54) is 0 Å². The standard InChI is InChI=1S/C4H5NS.C2H6/c1-4-2-3-5-6-4;1-2/h2-3,5H,1H2;1-2H3. The molecule has 0 spiro atoms. The maximum absolute atomic E-state index is 3.67. The molecule has 46 valence electrons. The summed E-state index contributed by atoms with van der Waals surface area (Å²) in [5, 5.41) is 0. The van der Waals surface area contributed by atoms with Crippen molar-refractivity contribution in [2.75, 3.05) is 0 Å². The Hall–Kier alpha value is -0.370. The van der Waals surface area contributed by atoms with Crippen molar-refractivity contribution in [3.63, 3.8) is 0 Å². The lowest BCUT2D eigenvalue weighted by atomic mass is 10.6. The fourth-order valence-electron chi connectivity index (χ4n) is 0.271. The first-order valence-electron chi connectivity index (χ1n) is 2.67. The lowest BCUT2D eigenvalue weighted by Gasteiger charge is -1.81. The van der Waals surface area contributed by atoms with Crippen LogP contribution in [0, 0.1) is 0 Å². The first-order chi connectivity index (χ1) is 3.89. The molecule has 1 aliphatic rings. The molecule has 0 atom stereocenters. The van der Waals surface area contributed by atoms with E-state index in [4.69, 9.17) is 0 Å². The first-order valence-corrected chi connectivity index (χ1v) is 3.49. The Morgan fingerprint density at radius 2 is 2.25 bits per heavy atom. The van der Waals surface area contributed by atoms with Crippen molar-refractivity contribution in [3.8, 4) is 0 Å². The minimum Gasteiger partial charge on any atom is -0.332 e. The fraction of sp³-hybridized carbons (Fsp3) is 0.333. The molecular weight excluding hydrogens is 118 g/mol. The zero-order valence-electron chi connectivity index (χ0n) is 5.27. The van der Waals surface area contributed by atoms with E-state index in [1.54, 1.807) is 11.9 Å². The Kier molecular flexibility index (Phi) is 4.56. The van der Waals surface area contributed by atoms with Crippen molar-refractivity contribution in [1.82, 2.24) is 4.72 Å². The van der Waals surface area contributed by atoms with Crippen LogP contribution in [0.5, 0.6) is 0 Å². The summed E-state index contributed by atoms with van der Waals surface area (Å²) in [6.45, 7) is 7.67. The Morgan fingerprint density at radius 3 is 2.38 bits per heavy atom. The van der Waals surface area contributed by atoms with Crippen LogP contribution in [0.1, 0.15) is 13.8 Å². The molecule has 0 saturated carbocycles. The number of allylic oxidation sites excluding steroid dienone is 1. The second-order valence-corrected chi connectivity index (χ2v) is 1.98. The first kappa shape index (κ1) is 7.63. The molecule has 0 aromatic heterocycles. The molecule has 1 heterocycles. The third kappa shape index (κ3) is 2.75. The highest BCUT2D eigenvalue weighted by atomic mass is 32.2. The second-order valence-electron chi connectivity index (χ2n) is 1.02. The van der Waals surface area contributed by atoms with Crippen LogP contribution in [-0.2, 0) is 0 Å². The Bertz CT molecular complexity index is 96.7. The Labute approximate surface area is 55.0 Å². The average molecular weight is 129 g/mol. The predicted octanol–water partition coefficient (Wildman–Crippen LogP) is 2.29. The van der Waals surface area contributed by atoms with Gasteiger partial charge in [0, 0.05) is 11.1 Å². The quantitative estimate of drug-likeness (QED) is 0.504. The highest BCUT2D eigenvalue weighted by molar-refractivity contribution is 8.01. The van der Waals surface area contributed by atoms with E-state index in [0.717, 1.165) is 4.91 Å². The lowest BCUT2D eigenvalue weighted by molar-refractivity contribution is 1.46. The molecular formula is C6H11NS. The van der Waals surface area contributed by atoms with E-state index in [1.807, 2.05) is 26.1 Å². The van der Waals surface area contributed by atoms with Gasteiger partial charge in [-0.1, -0.05) is 20.4 Å². The van der Waals surface area contributed by atoms with E-state index < -0.39 is 0 Å². The summed E-state index contributed by atoms with van der Waals surface area (Å²) in [6, 6.07) is 0. The number of rotatable bonds is 0. The van der Waals surface area contributed by atoms with Crippen molar-refractivity contribution < 1.29 is 0 Å². The molecule has 1 aliphatic heterocycles. The molecule has 1 N–H and O–H groups in total. The normalized spacial score (nSPS) is 14.5. The number of nitrogens with one attached hydrogen (secondary N) is 1. The highest BCUT2D eigenvalue weighted by Crippen LogP contribution is 2.14. The Morgan fingerprint density at radius 1 is 1.62 bits per heavy atom. The van der Waals surface area contributed by atoms with Gasteiger partial charge in [0.05, 0.1) is 0 Å². The smallest absolute Gasteiger partial charge is 0.0227 e. The van der Waals surface area contributed by atoms with Gasteiger partial charge >= 0.3 is 0 Å². The van der Waals surface area contributed by atoms with Gasteiger partial charge < -0.3 is 4.72 Å². The molecule has 2 heteroatoms. The SMILES string of the molecule is C=C1C=CNS1.CC. The van der Waals surface area contributed by atoms with Gasteiger partial charge in [0.2, 0.25) is 0 Å². The van der Waals surface area contributed by atoms with E-state index in [9.17, 15) is 0 Å². The molecule has 0 fully saturated rings. The van der Waals surface area contributed by atoms with E-state index in [0.29, 0.717) is 0 Å². The van der Waals surface area contributed by atoms with Gasteiger partial charge in [-0.2, -0.15) is 0 Å². The van der Waals surface area contributed by atoms with Crippen LogP contribution in [-0.4, -0.2) is 0 Å². The molecule has 0 bridgehead atoms. The summed E-state index contributed by atoms with van der Waals surface area (Å²) >= 11 is 1.54. The van der Waals surface area contributed by atoms with Gasteiger partial charge in [0.15, 0.2) is 0 Å². The molecule has 8 heavy (non-hydrogen) atoms. The number of hydrogen-bond acceptors (Lipinski definition) is 2. The van der Waals surface area contributed by atoms with Crippen LogP contribution in [0.3, 0.4) is 0 Å². The van der Waals surface area contributed by atoms with Crippen LogP contribution >= 0.6 is 11.9 Å². The summed E-state index contributed by atoms with van der Waals surface area (Å²) in [7, 11) is 0. The molecule has 0 unspecified atom stereocenters. The van der Waals surface area contributed by atoms with Gasteiger partial charge in [-0.3, -0.25) is 0 Å². The van der Waals surface area contributed by atoms with Crippen molar-refractivity contribution >= 4 is 11.9 Å². The average Bonchev–Trinajstić information content (AvgIpc) is 2.24. The predicted molar refractivity (Wildman–Crippen MR) is 40.4 cm³/mol. The maximum atomic E-state index is 3.67. The van der Waals surface area contributed by atoms with Crippen LogP contribution < -0.4 is 4.72 Å². The topological polar surface area (TPSA) is 12.0 Å². The lowest BCUT2D eigenvalue weighted by Crippen LogP contribution is -1.78. The molecule has 0 amide bonds. The third-order valence-corrected chi connectivity index (χ3v) is 1.18. The van der Waals surface area contributed by atoms with Gasteiger partial charge in [-0.15, -0.1) is 0 Å². The van der Waals surface area contributed by atoms with E-state index in [-0.39, 0.29) is 0 Å². The molecule has 0 aliphatic carbocycles. The molecule has 0 radical (unpaired) electrons. The minimum atomic E-state index is 1.08. The zero-order chi connectivity index (χ0) is 6.41. The van der Waals surface area contributed by atoms with Crippen molar-refractivity contribution in [2.24, 2.45) is 0 Å². The summed E-state index contributed by atoms with van der Waals surface area (Å²) in [6.07, 6.45) is 3.80. The van der Waals surface area contributed by atoms with Gasteiger partial charge in [0.1, 0.15) is 0 Å². The molecule has 0 aromatic carbocycles. The van der Waals surface area contributed by atoms with Crippen LogP contribution in [0.2, 0.25) is 0 Å². The maximum Gasteiger partial charge on any atom is 0.0227 e. The van der Waals surface area contributed by atoms with Crippen molar-refractivity contribution in [2.45, 2.75) is 13.8 Å². The van der Waals surface area contributed by atoms with Crippen molar-refractivity contribution in [3.05, 3.63) is 23.8 Å². The monoisotopic (exact) mass is 129 g/mol. The third-order valence-electron chi connectivity index (χ3n) is 0.527. The summed E-state index contributed by atoms with van der Waals surface area (Å²) in [5.41, 5.74) is 0. The van der Waals surface area contributed by atoms with Gasteiger partial charge in [0.25, 0.3) is 0 Å². The van der Waals surface area contributed by atoms with Gasteiger partial charge in [-0.05, 0) is 18.0 Å². The van der Waals surface area contributed by atoms with E-state index in [2.05, 4.69) is 11.3 Å². The molecule has 1 nitrogen and oxygen atoms in total. The zero-order valence-corrected chi connectivity index (χ0v) is 6.09. The second kappa shape index (κ2) is 4.78. The molecule has 0 saturated heterocycles.